The van der Waals surface area contributed by atoms with E-state index in [0.717, 1.165) is 6.92 Å². The SMILES string of the molecule is C[C@H](NC(=O)[C@H](CC(=O)O)NC(=O)[C@H](CCC(=O)O)NC(=O)[C@@H](N)CCCCN)C(=O)O. The van der Waals surface area contributed by atoms with Crippen molar-refractivity contribution in [1.29, 1.82) is 0 Å². The fourth-order valence-corrected chi connectivity index (χ4v) is 2.49. The Balaban J connectivity index is 5.35. The van der Waals surface area contributed by atoms with Crippen LogP contribution < -0.4 is 27.4 Å². The molecular formula is C18H31N5O9. The number of carbonyl (C=O) groups is 6. The Hall–Kier alpha value is -3.26. The first-order chi connectivity index (χ1) is 14.9. The summed E-state index contributed by atoms with van der Waals surface area (Å²) in [6.45, 7) is 1.55. The lowest BCUT2D eigenvalue weighted by Gasteiger charge is -2.24. The monoisotopic (exact) mass is 461 g/mol. The molecule has 0 bridgehead atoms. The summed E-state index contributed by atoms with van der Waals surface area (Å²) >= 11 is 0. The van der Waals surface area contributed by atoms with E-state index in [-0.39, 0.29) is 12.8 Å². The summed E-state index contributed by atoms with van der Waals surface area (Å²) in [5, 5.41) is 33.2. The van der Waals surface area contributed by atoms with Gasteiger partial charge in [-0.3, -0.25) is 28.8 Å². The van der Waals surface area contributed by atoms with Crippen molar-refractivity contribution in [2.75, 3.05) is 6.54 Å². The quantitative estimate of drug-likeness (QED) is 0.110. The van der Waals surface area contributed by atoms with Gasteiger partial charge in [0.15, 0.2) is 0 Å². The number of hydrogen-bond donors (Lipinski definition) is 8. The molecule has 0 aromatic carbocycles. The average molecular weight is 461 g/mol. The number of nitrogens with one attached hydrogen (secondary N) is 3. The second kappa shape index (κ2) is 14.7. The summed E-state index contributed by atoms with van der Waals surface area (Å²) in [6, 6.07) is -5.43. The molecular weight excluding hydrogens is 430 g/mol. The van der Waals surface area contributed by atoms with Gasteiger partial charge in [0.25, 0.3) is 0 Å². The smallest absolute Gasteiger partial charge is 0.325 e. The predicted octanol–water partition coefficient (Wildman–Crippen LogP) is -2.66. The first-order valence-electron chi connectivity index (χ1n) is 9.92. The number of unbranched alkanes of at least 4 members (excludes halogenated alkanes) is 1. The molecule has 0 heterocycles. The molecule has 0 aliphatic heterocycles. The van der Waals surface area contributed by atoms with E-state index >= 15 is 0 Å². The Morgan fingerprint density at radius 3 is 1.84 bits per heavy atom. The fourth-order valence-electron chi connectivity index (χ4n) is 2.49. The second-order valence-corrected chi connectivity index (χ2v) is 7.11. The van der Waals surface area contributed by atoms with E-state index in [2.05, 4.69) is 10.6 Å². The van der Waals surface area contributed by atoms with Crippen LogP contribution in [0.4, 0.5) is 0 Å². The van der Waals surface area contributed by atoms with Gasteiger partial charge in [-0.25, -0.2) is 0 Å². The molecule has 0 aromatic rings. The van der Waals surface area contributed by atoms with Crippen LogP contribution in [0.2, 0.25) is 0 Å². The maximum absolute atomic E-state index is 12.6. The standard InChI is InChI=1S/C18H31N5O9/c1-9(18(31)32)21-17(30)12(8-14(26)27)23-16(29)11(5-6-13(24)25)22-15(28)10(20)4-2-3-7-19/h9-12H,2-8,19-20H2,1H3,(H,21,30)(H,22,28)(H,23,29)(H,24,25)(H,26,27)(H,31,32)/t9-,10-,11-,12-/m0/s1. The summed E-state index contributed by atoms with van der Waals surface area (Å²) in [5.41, 5.74) is 11.1. The summed E-state index contributed by atoms with van der Waals surface area (Å²) in [6.07, 6.45) is -0.276. The number of carboxylic acids is 3. The number of hydrogen-bond acceptors (Lipinski definition) is 8. The molecule has 4 atom stereocenters. The number of carboxylic acid groups (broad SMARTS) is 3. The molecule has 0 aliphatic rings. The number of nitrogens with two attached hydrogens (primary N) is 2. The van der Waals surface area contributed by atoms with Crippen LogP contribution in [0.25, 0.3) is 0 Å². The minimum atomic E-state index is -1.66. The maximum Gasteiger partial charge on any atom is 0.325 e. The molecule has 14 nitrogen and oxygen atoms in total. The molecule has 10 N–H and O–H groups in total. The maximum atomic E-state index is 12.6. The number of amides is 3. The fraction of sp³-hybridized carbons (Fsp3) is 0.667. The Morgan fingerprint density at radius 1 is 0.781 bits per heavy atom. The van der Waals surface area contributed by atoms with Crippen LogP contribution >= 0.6 is 0 Å². The third-order valence-electron chi connectivity index (χ3n) is 4.33. The van der Waals surface area contributed by atoms with Gasteiger partial charge < -0.3 is 42.7 Å². The molecule has 182 valence electrons. The molecule has 0 unspecified atom stereocenters. The minimum Gasteiger partial charge on any atom is -0.481 e. The van der Waals surface area contributed by atoms with Crippen LogP contribution in [0.3, 0.4) is 0 Å². The first kappa shape index (κ1) is 28.7. The third-order valence-corrected chi connectivity index (χ3v) is 4.33. The van der Waals surface area contributed by atoms with Crippen molar-refractivity contribution in [3.8, 4) is 0 Å². The third kappa shape index (κ3) is 11.8. The van der Waals surface area contributed by atoms with Gasteiger partial charge in [0, 0.05) is 6.42 Å². The lowest BCUT2D eigenvalue weighted by atomic mass is 10.1. The van der Waals surface area contributed by atoms with Crippen LogP contribution in [-0.4, -0.2) is 81.7 Å². The average Bonchev–Trinajstić information content (AvgIpc) is 2.69. The second-order valence-electron chi connectivity index (χ2n) is 7.11. The zero-order chi connectivity index (χ0) is 24.8. The van der Waals surface area contributed by atoms with E-state index in [0.29, 0.717) is 19.4 Å². The molecule has 0 saturated heterocycles. The normalized spacial score (nSPS) is 14.3. The summed E-state index contributed by atoms with van der Waals surface area (Å²) in [5.74, 6) is -6.91. The highest BCUT2D eigenvalue weighted by Crippen LogP contribution is 2.04. The Labute approximate surface area is 184 Å². The highest BCUT2D eigenvalue weighted by molar-refractivity contribution is 5.95. The van der Waals surface area contributed by atoms with Gasteiger partial charge >= 0.3 is 17.9 Å². The minimum absolute atomic E-state index is 0.271. The van der Waals surface area contributed by atoms with Crippen LogP contribution in [0.5, 0.6) is 0 Å². The summed E-state index contributed by atoms with van der Waals surface area (Å²) in [4.78, 5) is 70.0. The lowest BCUT2D eigenvalue weighted by Crippen LogP contribution is -2.57. The van der Waals surface area contributed by atoms with Gasteiger partial charge in [-0.2, -0.15) is 0 Å². The largest absolute Gasteiger partial charge is 0.481 e. The van der Waals surface area contributed by atoms with Gasteiger partial charge in [-0.1, -0.05) is 6.42 Å². The van der Waals surface area contributed by atoms with Gasteiger partial charge in [-0.05, 0) is 32.7 Å². The van der Waals surface area contributed by atoms with Gasteiger partial charge in [0.05, 0.1) is 12.5 Å². The predicted molar refractivity (Wildman–Crippen MR) is 109 cm³/mol. The molecule has 3 amide bonds. The van der Waals surface area contributed by atoms with Crippen molar-refractivity contribution in [2.24, 2.45) is 11.5 Å². The van der Waals surface area contributed by atoms with Crippen molar-refractivity contribution in [3.05, 3.63) is 0 Å². The van der Waals surface area contributed by atoms with Crippen LogP contribution in [0.15, 0.2) is 0 Å². The van der Waals surface area contributed by atoms with Gasteiger partial charge in [0.2, 0.25) is 17.7 Å². The molecule has 0 fully saturated rings. The van der Waals surface area contributed by atoms with E-state index in [1.807, 2.05) is 5.32 Å². The van der Waals surface area contributed by atoms with Gasteiger partial charge in [0.1, 0.15) is 18.1 Å². The Bertz CT molecular complexity index is 700. The van der Waals surface area contributed by atoms with Crippen LogP contribution in [0.1, 0.15) is 45.4 Å². The van der Waals surface area contributed by atoms with Crippen molar-refractivity contribution in [2.45, 2.75) is 69.6 Å². The Kier molecular flexibility index (Phi) is 13.2. The van der Waals surface area contributed by atoms with E-state index in [1.54, 1.807) is 0 Å². The molecule has 14 heteroatoms. The van der Waals surface area contributed by atoms with E-state index < -0.39 is 72.6 Å². The van der Waals surface area contributed by atoms with Crippen molar-refractivity contribution in [3.63, 3.8) is 0 Å². The summed E-state index contributed by atoms with van der Waals surface area (Å²) < 4.78 is 0. The van der Waals surface area contributed by atoms with Crippen LogP contribution in [0, 0.1) is 0 Å². The highest BCUT2D eigenvalue weighted by Gasteiger charge is 2.30. The summed E-state index contributed by atoms with van der Waals surface area (Å²) in [7, 11) is 0. The van der Waals surface area contributed by atoms with Crippen molar-refractivity contribution >= 4 is 35.6 Å². The highest BCUT2D eigenvalue weighted by atomic mass is 16.4. The lowest BCUT2D eigenvalue weighted by molar-refractivity contribution is -0.143. The first-order valence-corrected chi connectivity index (χ1v) is 9.92. The van der Waals surface area contributed by atoms with Crippen LogP contribution in [-0.2, 0) is 28.8 Å². The van der Waals surface area contributed by atoms with E-state index in [1.165, 1.54) is 0 Å². The molecule has 0 aliphatic carbocycles. The number of aliphatic carboxylic acids is 3. The topological polar surface area (TPSA) is 251 Å². The van der Waals surface area contributed by atoms with Gasteiger partial charge in [-0.15, -0.1) is 0 Å². The number of rotatable bonds is 16. The molecule has 0 spiro atoms. The van der Waals surface area contributed by atoms with Crippen molar-refractivity contribution < 1.29 is 44.1 Å². The van der Waals surface area contributed by atoms with Crippen molar-refractivity contribution in [1.82, 2.24) is 16.0 Å². The molecule has 0 radical (unpaired) electrons. The number of carbonyl (C=O) groups excluding carboxylic acids is 3. The molecule has 32 heavy (non-hydrogen) atoms. The van der Waals surface area contributed by atoms with E-state index in [9.17, 15) is 28.8 Å². The zero-order valence-corrected chi connectivity index (χ0v) is 17.7. The Morgan fingerprint density at radius 2 is 1.34 bits per heavy atom. The molecule has 0 aromatic heterocycles. The molecule has 0 rings (SSSR count). The molecule has 0 saturated carbocycles. The zero-order valence-electron chi connectivity index (χ0n) is 17.7. The van der Waals surface area contributed by atoms with E-state index in [4.69, 9.17) is 26.8 Å².